The highest BCUT2D eigenvalue weighted by Crippen LogP contribution is 2.27. The zero-order valence-corrected chi connectivity index (χ0v) is 8.53. The first-order valence-electron chi connectivity index (χ1n) is 4.93. The highest BCUT2D eigenvalue weighted by Gasteiger charge is 2.18. The van der Waals surface area contributed by atoms with Crippen LogP contribution in [0.3, 0.4) is 0 Å². The van der Waals surface area contributed by atoms with E-state index >= 15 is 0 Å². The van der Waals surface area contributed by atoms with Gasteiger partial charge in [0.15, 0.2) is 0 Å². The van der Waals surface area contributed by atoms with E-state index in [0.29, 0.717) is 18.6 Å². The fourth-order valence-electron chi connectivity index (χ4n) is 1.50. The zero-order valence-electron chi connectivity index (χ0n) is 8.53. The van der Waals surface area contributed by atoms with Crippen LogP contribution in [0.5, 0.6) is 0 Å². The summed E-state index contributed by atoms with van der Waals surface area (Å²) < 4.78 is 10.2. The summed E-state index contributed by atoms with van der Waals surface area (Å²) in [5, 5.41) is 0. The van der Waals surface area contributed by atoms with E-state index in [9.17, 15) is 4.79 Å². The number of fused-ring (bicyclic) bond motifs is 1. The van der Waals surface area contributed by atoms with Gasteiger partial charge < -0.3 is 9.47 Å². The molecule has 1 aliphatic heterocycles. The summed E-state index contributed by atoms with van der Waals surface area (Å²) in [4.78, 5) is 11.4. The molecule has 0 spiro atoms. The first kappa shape index (κ1) is 9.77. The van der Waals surface area contributed by atoms with Gasteiger partial charge in [-0.2, -0.15) is 0 Å². The van der Waals surface area contributed by atoms with Crippen LogP contribution in [0.25, 0.3) is 0 Å². The predicted octanol–water partition coefficient (Wildman–Crippen LogP) is 2.23. The highest BCUT2D eigenvalue weighted by atomic mass is 16.5. The molecule has 3 heteroatoms. The quantitative estimate of drug-likeness (QED) is 0.647. The van der Waals surface area contributed by atoms with Gasteiger partial charge in [-0.05, 0) is 31.1 Å². The van der Waals surface area contributed by atoms with E-state index in [4.69, 9.17) is 9.47 Å². The minimum Gasteiger partial charge on any atom is -0.465 e. The van der Waals surface area contributed by atoms with Crippen molar-refractivity contribution in [2.75, 3.05) is 6.61 Å². The Labute approximate surface area is 88.4 Å². The average molecular weight is 204 g/mol. The molecule has 0 saturated carbocycles. The first-order valence-corrected chi connectivity index (χ1v) is 4.93. The van der Waals surface area contributed by atoms with Crippen LogP contribution in [0.2, 0.25) is 0 Å². The molecular weight excluding hydrogens is 192 g/mol. The third-order valence-corrected chi connectivity index (χ3v) is 2.23. The first-order chi connectivity index (χ1) is 7.31. The van der Waals surface area contributed by atoms with Gasteiger partial charge >= 0.3 is 5.97 Å². The van der Waals surface area contributed by atoms with Crippen molar-refractivity contribution < 1.29 is 14.3 Å². The molecule has 0 radical (unpaired) electrons. The van der Waals surface area contributed by atoms with Gasteiger partial charge in [-0.1, -0.05) is 12.2 Å². The molecule has 78 valence electrons. The smallest absolute Gasteiger partial charge is 0.337 e. The van der Waals surface area contributed by atoms with E-state index in [1.807, 2.05) is 18.2 Å². The molecule has 0 aromatic heterocycles. The minimum absolute atomic E-state index is 0.290. The molecule has 2 rings (SSSR count). The summed E-state index contributed by atoms with van der Waals surface area (Å²) in [5.41, 5.74) is 1.66. The third-order valence-electron chi connectivity index (χ3n) is 2.23. The normalized spacial score (nSPS) is 18.1. The van der Waals surface area contributed by atoms with Gasteiger partial charge in [0.25, 0.3) is 0 Å². The van der Waals surface area contributed by atoms with Crippen molar-refractivity contribution in [1.82, 2.24) is 0 Å². The number of carbonyl (C=O) groups excluding carboxylic acids is 1. The SMILES string of the molecule is CCOC(=O)C1=CCC2=CC=COC2=C1. The third kappa shape index (κ3) is 2.01. The monoisotopic (exact) mass is 204 g/mol. The largest absolute Gasteiger partial charge is 0.465 e. The minimum atomic E-state index is -0.290. The number of esters is 1. The Bertz CT molecular complexity index is 397. The van der Waals surface area contributed by atoms with Crippen molar-refractivity contribution in [3.05, 3.63) is 47.5 Å². The van der Waals surface area contributed by atoms with Crippen molar-refractivity contribution in [3.63, 3.8) is 0 Å². The van der Waals surface area contributed by atoms with Gasteiger partial charge in [0.2, 0.25) is 0 Å². The van der Waals surface area contributed by atoms with Crippen LogP contribution in [0.1, 0.15) is 13.3 Å². The lowest BCUT2D eigenvalue weighted by Gasteiger charge is -2.17. The van der Waals surface area contributed by atoms with Crippen LogP contribution < -0.4 is 0 Å². The van der Waals surface area contributed by atoms with Crippen LogP contribution in [0.4, 0.5) is 0 Å². The summed E-state index contributed by atoms with van der Waals surface area (Å²) in [6.07, 6.45) is 9.71. The topological polar surface area (TPSA) is 35.5 Å². The van der Waals surface area contributed by atoms with E-state index in [2.05, 4.69) is 0 Å². The molecule has 0 saturated heterocycles. The van der Waals surface area contributed by atoms with E-state index in [-0.39, 0.29) is 5.97 Å². The Hall–Kier alpha value is -1.77. The van der Waals surface area contributed by atoms with Crippen molar-refractivity contribution in [1.29, 1.82) is 0 Å². The van der Waals surface area contributed by atoms with E-state index < -0.39 is 0 Å². The van der Waals surface area contributed by atoms with E-state index in [1.165, 1.54) is 0 Å². The van der Waals surface area contributed by atoms with Crippen molar-refractivity contribution in [2.24, 2.45) is 0 Å². The molecular formula is C12H12O3. The Kier molecular flexibility index (Phi) is 2.72. The highest BCUT2D eigenvalue weighted by molar-refractivity contribution is 5.92. The zero-order chi connectivity index (χ0) is 10.7. The number of ether oxygens (including phenoxy) is 2. The molecule has 0 unspecified atom stereocenters. The number of carbonyl (C=O) groups is 1. The Balaban J connectivity index is 2.16. The Morgan fingerprint density at radius 2 is 2.47 bits per heavy atom. The summed E-state index contributed by atoms with van der Waals surface area (Å²) in [6, 6.07) is 0. The van der Waals surface area contributed by atoms with Crippen LogP contribution in [-0.4, -0.2) is 12.6 Å². The van der Waals surface area contributed by atoms with E-state index in [1.54, 1.807) is 19.3 Å². The van der Waals surface area contributed by atoms with E-state index in [0.717, 1.165) is 11.3 Å². The number of allylic oxidation sites excluding steroid dienone is 4. The maximum absolute atomic E-state index is 11.4. The second kappa shape index (κ2) is 4.17. The lowest BCUT2D eigenvalue weighted by molar-refractivity contribution is -0.138. The Morgan fingerprint density at radius 1 is 1.60 bits per heavy atom. The van der Waals surface area contributed by atoms with Crippen molar-refractivity contribution in [3.8, 4) is 0 Å². The molecule has 0 aromatic carbocycles. The second-order valence-electron chi connectivity index (χ2n) is 3.23. The van der Waals surface area contributed by atoms with Gasteiger partial charge in [0.1, 0.15) is 5.76 Å². The maximum atomic E-state index is 11.4. The van der Waals surface area contributed by atoms with Crippen molar-refractivity contribution >= 4 is 5.97 Å². The van der Waals surface area contributed by atoms with Crippen LogP contribution in [-0.2, 0) is 14.3 Å². The standard InChI is InChI=1S/C12H12O3/c1-2-14-12(13)10-6-5-9-4-3-7-15-11(9)8-10/h3-4,6-8H,2,5H2,1H3. The summed E-state index contributed by atoms with van der Waals surface area (Å²) in [7, 11) is 0. The summed E-state index contributed by atoms with van der Waals surface area (Å²) >= 11 is 0. The summed E-state index contributed by atoms with van der Waals surface area (Å²) in [6.45, 7) is 2.18. The summed E-state index contributed by atoms with van der Waals surface area (Å²) in [5.74, 6) is 0.449. The molecule has 0 N–H and O–H groups in total. The second-order valence-corrected chi connectivity index (χ2v) is 3.23. The fourth-order valence-corrected chi connectivity index (χ4v) is 1.50. The molecule has 1 heterocycles. The molecule has 0 amide bonds. The Morgan fingerprint density at radius 3 is 3.27 bits per heavy atom. The van der Waals surface area contributed by atoms with Crippen LogP contribution >= 0.6 is 0 Å². The number of hydrogen-bond donors (Lipinski definition) is 0. The molecule has 0 fully saturated rings. The molecule has 15 heavy (non-hydrogen) atoms. The van der Waals surface area contributed by atoms with Gasteiger partial charge in [-0.15, -0.1) is 0 Å². The molecule has 0 atom stereocenters. The predicted molar refractivity (Wildman–Crippen MR) is 55.7 cm³/mol. The molecule has 3 nitrogen and oxygen atoms in total. The molecule has 2 aliphatic rings. The fraction of sp³-hybridized carbons (Fsp3) is 0.250. The van der Waals surface area contributed by atoms with Crippen LogP contribution in [0.15, 0.2) is 47.5 Å². The van der Waals surface area contributed by atoms with Gasteiger partial charge in [0, 0.05) is 0 Å². The van der Waals surface area contributed by atoms with Gasteiger partial charge in [-0.25, -0.2) is 4.79 Å². The van der Waals surface area contributed by atoms with Crippen molar-refractivity contribution in [2.45, 2.75) is 13.3 Å². The lowest BCUT2D eigenvalue weighted by Crippen LogP contribution is -2.10. The maximum Gasteiger partial charge on any atom is 0.337 e. The number of hydrogen-bond acceptors (Lipinski definition) is 3. The van der Waals surface area contributed by atoms with Gasteiger partial charge in [0.05, 0.1) is 18.4 Å². The van der Waals surface area contributed by atoms with Crippen LogP contribution in [0, 0.1) is 0 Å². The van der Waals surface area contributed by atoms with Gasteiger partial charge in [-0.3, -0.25) is 0 Å². The molecule has 1 aliphatic carbocycles. The average Bonchev–Trinajstić information content (AvgIpc) is 2.29. The molecule has 0 aromatic rings. The molecule has 0 bridgehead atoms. The number of rotatable bonds is 2. The lowest BCUT2D eigenvalue weighted by atomic mass is 9.99.